The summed E-state index contributed by atoms with van der Waals surface area (Å²) < 4.78 is 54.1. The van der Waals surface area contributed by atoms with E-state index in [1.165, 1.54) is 24.2 Å². The number of carbonyl (C=O) groups excluding carboxylic acids is 1. The van der Waals surface area contributed by atoms with Crippen LogP contribution >= 0.6 is 0 Å². The fourth-order valence-corrected chi connectivity index (χ4v) is 6.23. The second-order valence-corrected chi connectivity index (χ2v) is 10.8. The number of esters is 1. The zero-order valence-corrected chi connectivity index (χ0v) is 20.3. The van der Waals surface area contributed by atoms with Gasteiger partial charge in [-0.25, -0.2) is 22.4 Å². The predicted molar refractivity (Wildman–Crippen MR) is 128 cm³/mol. The smallest absolute Gasteiger partial charge is 0.407 e. The molecule has 2 aromatic rings. The number of carboxylic acid groups (broad SMARTS) is 1. The largest absolute Gasteiger partial charge is 0.492 e. The molecule has 36 heavy (non-hydrogen) atoms. The molecule has 3 atom stereocenters. The summed E-state index contributed by atoms with van der Waals surface area (Å²) in [4.78, 5) is 25.1. The first-order valence-electron chi connectivity index (χ1n) is 11.6. The minimum atomic E-state index is -4.29. The molecule has 2 heterocycles. The van der Waals surface area contributed by atoms with Crippen LogP contribution in [0, 0.1) is 11.7 Å². The molecule has 0 unspecified atom stereocenters. The predicted octanol–water partition coefficient (Wildman–Crippen LogP) is 4.06. The molecular weight excluding hydrogens is 491 g/mol. The fraction of sp³-hybridized carbons (Fsp3) is 0.360. The highest BCUT2D eigenvalue weighted by Gasteiger charge is 2.45. The van der Waals surface area contributed by atoms with E-state index < -0.39 is 33.9 Å². The van der Waals surface area contributed by atoms with E-state index >= 15 is 0 Å². The summed E-state index contributed by atoms with van der Waals surface area (Å²) in [5.74, 6) is -0.395. The van der Waals surface area contributed by atoms with E-state index in [-0.39, 0.29) is 27.6 Å². The van der Waals surface area contributed by atoms with Crippen molar-refractivity contribution in [1.82, 2.24) is 4.90 Å². The number of ether oxygens (including phenoxy) is 2. The minimum Gasteiger partial charge on any atom is -0.492 e. The molecule has 3 aliphatic rings. The maximum absolute atomic E-state index is 14.1. The van der Waals surface area contributed by atoms with Gasteiger partial charge in [-0.05, 0) is 60.6 Å². The van der Waals surface area contributed by atoms with Gasteiger partial charge in [-0.15, -0.1) is 0 Å². The van der Waals surface area contributed by atoms with Gasteiger partial charge in [0.05, 0.1) is 30.3 Å². The SMILES string of the molecule is COC(=O)c1c(NS(=O)(=O)c2ccc(F)cc2/C=C\[C@@H]2CCCN2C(=O)O)ccc2c1OC[C@@H]1C[C@H]21. The minimum absolute atomic E-state index is 0.00759. The number of amides is 1. The van der Waals surface area contributed by atoms with Gasteiger partial charge in [0.15, 0.2) is 0 Å². The van der Waals surface area contributed by atoms with Gasteiger partial charge in [-0.2, -0.15) is 0 Å². The highest BCUT2D eigenvalue weighted by atomic mass is 32.2. The number of methoxy groups -OCH3 is 1. The van der Waals surface area contributed by atoms with E-state index in [0.717, 1.165) is 30.2 Å². The van der Waals surface area contributed by atoms with Crippen LogP contribution in [0.4, 0.5) is 14.9 Å². The van der Waals surface area contributed by atoms with Gasteiger partial charge >= 0.3 is 12.1 Å². The van der Waals surface area contributed by atoms with E-state index in [1.54, 1.807) is 12.1 Å². The van der Waals surface area contributed by atoms with E-state index in [9.17, 15) is 27.5 Å². The number of anilines is 1. The quantitative estimate of drug-likeness (QED) is 0.555. The number of fused-ring (bicyclic) bond motifs is 3. The van der Waals surface area contributed by atoms with Crippen LogP contribution in [0.2, 0.25) is 0 Å². The molecule has 0 radical (unpaired) electrons. The van der Waals surface area contributed by atoms with Gasteiger partial charge in [0.25, 0.3) is 10.0 Å². The number of nitrogens with zero attached hydrogens (tertiary/aromatic N) is 1. The van der Waals surface area contributed by atoms with E-state index in [4.69, 9.17) is 9.47 Å². The van der Waals surface area contributed by atoms with Crippen molar-refractivity contribution in [2.24, 2.45) is 5.92 Å². The van der Waals surface area contributed by atoms with Crippen molar-refractivity contribution in [2.45, 2.75) is 36.1 Å². The third-order valence-corrected chi connectivity index (χ3v) is 8.33. The zero-order chi connectivity index (χ0) is 25.6. The fourth-order valence-electron chi connectivity index (χ4n) is 4.98. The first-order chi connectivity index (χ1) is 17.2. The Morgan fingerprint density at radius 3 is 2.83 bits per heavy atom. The number of benzene rings is 2. The number of hydrogen-bond donors (Lipinski definition) is 2. The van der Waals surface area contributed by atoms with E-state index in [2.05, 4.69) is 4.72 Å². The Morgan fingerprint density at radius 2 is 2.08 bits per heavy atom. The molecule has 11 heteroatoms. The number of hydrogen-bond acceptors (Lipinski definition) is 6. The van der Waals surface area contributed by atoms with Crippen molar-refractivity contribution in [3.8, 4) is 5.75 Å². The second-order valence-electron chi connectivity index (χ2n) is 9.14. The van der Waals surface area contributed by atoms with Crippen molar-refractivity contribution in [2.75, 3.05) is 25.0 Å². The van der Waals surface area contributed by atoms with Crippen molar-refractivity contribution in [3.05, 3.63) is 58.9 Å². The monoisotopic (exact) mass is 516 g/mol. The van der Waals surface area contributed by atoms with Crippen molar-refractivity contribution < 1.29 is 37.0 Å². The van der Waals surface area contributed by atoms with Crippen LogP contribution in [-0.4, -0.2) is 56.8 Å². The molecule has 0 aromatic heterocycles. The van der Waals surface area contributed by atoms with Gasteiger partial charge in [0.2, 0.25) is 0 Å². The molecule has 1 saturated heterocycles. The van der Waals surface area contributed by atoms with Crippen LogP contribution in [0.5, 0.6) is 5.75 Å². The molecule has 0 spiro atoms. The van der Waals surface area contributed by atoms with Gasteiger partial charge in [0.1, 0.15) is 17.1 Å². The Kier molecular flexibility index (Phi) is 6.11. The maximum atomic E-state index is 14.1. The Balaban J connectivity index is 1.50. The molecule has 0 bridgehead atoms. The van der Waals surface area contributed by atoms with Gasteiger partial charge < -0.3 is 19.5 Å². The molecule has 2 N–H and O–H groups in total. The summed E-state index contributed by atoms with van der Waals surface area (Å²) in [5, 5.41) is 9.35. The Morgan fingerprint density at radius 1 is 1.28 bits per heavy atom. The highest BCUT2D eigenvalue weighted by Crippen LogP contribution is 2.55. The topological polar surface area (TPSA) is 122 Å². The van der Waals surface area contributed by atoms with Gasteiger partial charge in [-0.1, -0.05) is 18.2 Å². The van der Waals surface area contributed by atoms with Crippen molar-refractivity contribution >= 4 is 33.8 Å². The van der Waals surface area contributed by atoms with Crippen LogP contribution in [-0.2, 0) is 14.8 Å². The maximum Gasteiger partial charge on any atom is 0.407 e. The normalized spacial score (nSPS) is 22.5. The summed E-state index contributed by atoms with van der Waals surface area (Å²) in [7, 11) is -3.09. The number of rotatable bonds is 6. The molecule has 9 nitrogen and oxygen atoms in total. The van der Waals surface area contributed by atoms with E-state index in [1.807, 2.05) is 0 Å². The lowest BCUT2D eigenvalue weighted by molar-refractivity contribution is 0.0596. The van der Waals surface area contributed by atoms with Crippen molar-refractivity contribution in [1.29, 1.82) is 0 Å². The number of sulfonamides is 1. The van der Waals surface area contributed by atoms with E-state index in [0.29, 0.717) is 37.7 Å². The van der Waals surface area contributed by atoms with Crippen LogP contribution in [0.15, 0.2) is 41.3 Å². The molecule has 2 fully saturated rings. The third kappa shape index (κ3) is 4.39. The summed E-state index contributed by atoms with van der Waals surface area (Å²) in [6.45, 7) is 0.817. The number of carbonyl (C=O) groups is 2. The van der Waals surface area contributed by atoms with Crippen molar-refractivity contribution in [3.63, 3.8) is 0 Å². The number of nitrogens with one attached hydrogen (secondary N) is 1. The Bertz CT molecular complexity index is 1370. The summed E-state index contributed by atoms with van der Waals surface area (Å²) in [6, 6.07) is 6.03. The number of likely N-dealkylation sites (tertiary alicyclic amines) is 1. The molecule has 1 amide bonds. The molecular formula is C25H25FN2O7S. The summed E-state index contributed by atoms with van der Waals surface area (Å²) in [6.07, 6.45) is 4.11. The lowest BCUT2D eigenvalue weighted by atomic mass is 10.0. The second kappa shape index (κ2) is 9.12. The highest BCUT2D eigenvalue weighted by molar-refractivity contribution is 7.92. The molecule has 2 aromatic carbocycles. The lowest BCUT2D eigenvalue weighted by Crippen LogP contribution is -2.32. The van der Waals surface area contributed by atoms with Gasteiger partial charge in [-0.3, -0.25) is 4.72 Å². The zero-order valence-electron chi connectivity index (χ0n) is 19.4. The molecule has 5 rings (SSSR count). The first kappa shape index (κ1) is 24.1. The number of halogens is 1. The lowest BCUT2D eigenvalue weighted by Gasteiger charge is -2.22. The molecule has 1 saturated carbocycles. The standard InChI is InChI=1S/C25H25FN2O7S/c1-34-24(29)22-20(8-7-18-19-12-15(19)13-35-23(18)22)27-36(32,33)21-9-5-16(26)11-14(21)4-6-17-3-2-10-28(17)25(30)31/h4-9,11,15,17,19,27H,2-3,10,12-13H2,1H3,(H,30,31)/b6-4-/t15-,17-,19-/m0/s1. The summed E-state index contributed by atoms with van der Waals surface area (Å²) >= 11 is 0. The average molecular weight is 517 g/mol. The van der Waals surface area contributed by atoms with Gasteiger partial charge in [0, 0.05) is 12.5 Å². The van der Waals surface area contributed by atoms with Crippen LogP contribution in [0.1, 0.15) is 46.7 Å². The van der Waals surface area contributed by atoms with Crippen LogP contribution in [0.25, 0.3) is 6.08 Å². The Hall–Kier alpha value is -3.60. The first-order valence-corrected chi connectivity index (χ1v) is 13.1. The molecule has 1 aliphatic carbocycles. The average Bonchev–Trinajstić information content (AvgIpc) is 3.49. The van der Waals surface area contributed by atoms with Crippen LogP contribution < -0.4 is 9.46 Å². The third-order valence-electron chi connectivity index (χ3n) is 6.89. The molecule has 2 aliphatic heterocycles. The summed E-state index contributed by atoms with van der Waals surface area (Å²) in [5.41, 5.74) is 0.881. The van der Waals surface area contributed by atoms with Crippen LogP contribution in [0.3, 0.4) is 0 Å². The Labute approximate surface area is 207 Å². The molecule has 190 valence electrons.